The predicted octanol–water partition coefficient (Wildman–Crippen LogP) is 7.60. The Kier molecular flexibility index (Phi) is 6.67. The van der Waals surface area contributed by atoms with Gasteiger partial charge in [-0.15, -0.1) is 0 Å². The summed E-state index contributed by atoms with van der Waals surface area (Å²) in [5.41, 5.74) is 4.83. The monoisotopic (exact) mass is 360 g/mol. The van der Waals surface area contributed by atoms with Crippen molar-refractivity contribution in [3.8, 4) is 0 Å². The highest BCUT2D eigenvalue weighted by Crippen LogP contribution is 2.37. The quantitative estimate of drug-likeness (QED) is 0.418. The van der Waals surface area contributed by atoms with Crippen LogP contribution in [-0.4, -0.2) is 0 Å². The summed E-state index contributed by atoms with van der Waals surface area (Å²) in [4.78, 5) is 0. The third-order valence-electron chi connectivity index (χ3n) is 7.16. The molecule has 0 heterocycles. The molecule has 0 N–H and O–H groups in total. The fourth-order valence-electron chi connectivity index (χ4n) is 5.52. The molecule has 0 aliphatic heterocycles. The number of hydrogen-bond acceptors (Lipinski definition) is 0. The lowest BCUT2D eigenvalue weighted by Crippen LogP contribution is -2.12. The summed E-state index contributed by atoms with van der Waals surface area (Å²) in [5.74, 6) is 2.90. The van der Waals surface area contributed by atoms with Crippen LogP contribution in [0.4, 0.5) is 0 Å². The first-order valence-corrected chi connectivity index (χ1v) is 11.5. The largest absolute Gasteiger partial charge is 0.0880 e. The van der Waals surface area contributed by atoms with Crippen LogP contribution in [-0.2, 0) is 12.8 Å². The van der Waals surface area contributed by atoms with Gasteiger partial charge in [0.15, 0.2) is 0 Å². The third-order valence-corrected chi connectivity index (χ3v) is 7.16. The summed E-state index contributed by atoms with van der Waals surface area (Å²) in [5, 5.41) is 0. The lowest BCUT2D eigenvalue weighted by Gasteiger charge is -2.23. The molecule has 144 valence electrons. The van der Waals surface area contributed by atoms with E-state index in [1.54, 1.807) is 16.7 Å². The zero-order valence-electron chi connectivity index (χ0n) is 16.9. The van der Waals surface area contributed by atoms with E-state index in [1.807, 2.05) is 0 Å². The van der Waals surface area contributed by atoms with Gasteiger partial charge >= 0.3 is 0 Å². The van der Waals surface area contributed by atoms with Crippen molar-refractivity contribution in [1.29, 1.82) is 0 Å². The minimum Gasteiger partial charge on any atom is -0.0880 e. The Bertz CT molecular complexity index is 665. The Hall–Kier alpha value is -1.56. The average Bonchev–Trinajstić information content (AvgIpc) is 3.46. The SMILES string of the molecule is C1=CC2CCCC2=C1.C1=CC2CCCCC2C1.c1ccc2c(c1)CCCC2. The first-order chi connectivity index (χ1) is 13.4. The molecule has 5 aliphatic carbocycles. The number of hydrogen-bond donors (Lipinski definition) is 0. The molecule has 3 unspecified atom stereocenters. The Morgan fingerprint density at radius 2 is 1.48 bits per heavy atom. The average molecular weight is 361 g/mol. The van der Waals surface area contributed by atoms with E-state index < -0.39 is 0 Å². The lowest BCUT2D eigenvalue weighted by atomic mass is 9.82. The highest BCUT2D eigenvalue weighted by Gasteiger charge is 2.24. The van der Waals surface area contributed by atoms with E-state index in [-0.39, 0.29) is 0 Å². The van der Waals surface area contributed by atoms with E-state index >= 15 is 0 Å². The second kappa shape index (κ2) is 9.58. The molecule has 0 radical (unpaired) electrons. The molecule has 5 aliphatic rings. The normalized spacial score (nSPS) is 29.5. The molecule has 0 bridgehead atoms. The minimum absolute atomic E-state index is 0.856. The van der Waals surface area contributed by atoms with Crippen LogP contribution in [0.25, 0.3) is 0 Å². The second-order valence-corrected chi connectivity index (χ2v) is 8.97. The van der Waals surface area contributed by atoms with Gasteiger partial charge in [-0.25, -0.2) is 0 Å². The Labute approximate surface area is 166 Å². The Morgan fingerprint density at radius 3 is 2.22 bits per heavy atom. The summed E-state index contributed by atoms with van der Waals surface area (Å²) in [6.07, 6.45) is 28.5. The van der Waals surface area contributed by atoms with Gasteiger partial charge in [0.2, 0.25) is 0 Å². The van der Waals surface area contributed by atoms with Crippen molar-refractivity contribution in [1.82, 2.24) is 0 Å². The molecule has 2 fully saturated rings. The molecule has 0 saturated heterocycles. The molecular formula is C27H36. The molecule has 0 spiro atoms. The van der Waals surface area contributed by atoms with Crippen molar-refractivity contribution in [2.45, 2.75) is 77.0 Å². The van der Waals surface area contributed by atoms with Crippen molar-refractivity contribution < 1.29 is 0 Å². The van der Waals surface area contributed by atoms with Crippen LogP contribution in [0.1, 0.15) is 75.3 Å². The molecule has 0 nitrogen and oxygen atoms in total. The summed E-state index contributed by atoms with van der Waals surface area (Å²) in [6, 6.07) is 8.80. The Balaban J connectivity index is 0.000000101. The Morgan fingerprint density at radius 1 is 0.704 bits per heavy atom. The van der Waals surface area contributed by atoms with Crippen molar-refractivity contribution in [2.75, 3.05) is 0 Å². The highest BCUT2D eigenvalue weighted by atomic mass is 14.3. The van der Waals surface area contributed by atoms with E-state index in [2.05, 4.69) is 54.6 Å². The van der Waals surface area contributed by atoms with Gasteiger partial charge in [-0.3, -0.25) is 0 Å². The maximum absolute atomic E-state index is 2.43. The summed E-state index contributed by atoms with van der Waals surface area (Å²) >= 11 is 0. The van der Waals surface area contributed by atoms with Crippen LogP contribution < -0.4 is 0 Å². The van der Waals surface area contributed by atoms with E-state index in [9.17, 15) is 0 Å². The number of aryl methyl sites for hydroxylation is 2. The van der Waals surface area contributed by atoms with E-state index in [0.717, 1.165) is 17.8 Å². The molecule has 2 saturated carbocycles. The van der Waals surface area contributed by atoms with Crippen molar-refractivity contribution in [3.05, 3.63) is 71.3 Å². The molecule has 1 aromatic rings. The second-order valence-electron chi connectivity index (χ2n) is 8.97. The molecule has 3 atom stereocenters. The summed E-state index contributed by atoms with van der Waals surface area (Å²) < 4.78 is 0. The minimum atomic E-state index is 0.856. The third kappa shape index (κ3) is 5.03. The van der Waals surface area contributed by atoms with Crippen LogP contribution in [0, 0.1) is 17.8 Å². The van der Waals surface area contributed by atoms with Gasteiger partial charge in [-0.05, 0) is 93.1 Å². The van der Waals surface area contributed by atoms with Gasteiger partial charge in [0.05, 0.1) is 0 Å². The fourth-order valence-corrected chi connectivity index (χ4v) is 5.52. The van der Waals surface area contributed by atoms with E-state index in [4.69, 9.17) is 0 Å². The predicted molar refractivity (Wildman–Crippen MR) is 117 cm³/mol. The van der Waals surface area contributed by atoms with Gasteiger partial charge < -0.3 is 0 Å². The van der Waals surface area contributed by atoms with Gasteiger partial charge in [0, 0.05) is 0 Å². The summed E-state index contributed by atoms with van der Waals surface area (Å²) in [7, 11) is 0. The van der Waals surface area contributed by atoms with Gasteiger partial charge in [0.25, 0.3) is 0 Å². The maximum Gasteiger partial charge on any atom is -0.00169 e. The van der Waals surface area contributed by atoms with Crippen molar-refractivity contribution in [2.24, 2.45) is 17.8 Å². The molecule has 27 heavy (non-hydrogen) atoms. The van der Waals surface area contributed by atoms with Gasteiger partial charge in [-0.2, -0.15) is 0 Å². The fraction of sp³-hybridized carbons (Fsp3) is 0.556. The molecule has 0 amide bonds. The summed E-state index contributed by atoms with van der Waals surface area (Å²) in [6.45, 7) is 0. The van der Waals surface area contributed by atoms with Crippen LogP contribution in [0.3, 0.4) is 0 Å². The highest BCUT2D eigenvalue weighted by molar-refractivity contribution is 5.30. The zero-order chi connectivity index (χ0) is 18.3. The van der Waals surface area contributed by atoms with Crippen LogP contribution >= 0.6 is 0 Å². The number of rotatable bonds is 0. The zero-order valence-corrected chi connectivity index (χ0v) is 16.9. The number of benzene rings is 1. The van der Waals surface area contributed by atoms with Gasteiger partial charge in [0.1, 0.15) is 0 Å². The smallest absolute Gasteiger partial charge is 0.00169 e. The lowest BCUT2D eigenvalue weighted by molar-refractivity contribution is 0.304. The molecule has 0 aromatic heterocycles. The van der Waals surface area contributed by atoms with E-state index in [1.165, 1.54) is 77.0 Å². The van der Waals surface area contributed by atoms with Gasteiger partial charge in [-0.1, -0.05) is 73.1 Å². The van der Waals surface area contributed by atoms with Crippen molar-refractivity contribution >= 4 is 0 Å². The number of allylic oxidation sites excluding steroid dienone is 6. The van der Waals surface area contributed by atoms with E-state index in [0.29, 0.717) is 0 Å². The molecule has 1 aromatic carbocycles. The van der Waals surface area contributed by atoms with Crippen molar-refractivity contribution in [3.63, 3.8) is 0 Å². The first-order valence-electron chi connectivity index (χ1n) is 11.5. The molecule has 6 rings (SSSR count). The van der Waals surface area contributed by atoms with Crippen LogP contribution in [0.5, 0.6) is 0 Å². The van der Waals surface area contributed by atoms with Crippen LogP contribution in [0.15, 0.2) is 60.2 Å². The topological polar surface area (TPSA) is 0 Å². The first kappa shape index (κ1) is 18.8. The number of fused-ring (bicyclic) bond motifs is 3. The maximum atomic E-state index is 2.43. The molecule has 0 heteroatoms. The molecular weight excluding hydrogens is 324 g/mol. The van der Waals surface area contributed by atoms with Crippen LogP contribution in [0.2, 0.25) is 0 Å². The standard InChI is InChI=1S/C10H12.C9H14.C8H10/c1-2-6-10-8-4-3-7-9(10)5-1;1-2-5-9-7-3-6-8(9)4-1;1-3-7-5-2-6-8(7)4-1/h1-2,5-6H,3-4,7-8H2;3,6,8-9H,1-2,4-5,7H2;1,3-4,7H,2,5-6H2.